The molecule has 2 heterocycles. The van der Waals surface area contributed by atoms with Crippen molar-refractivity contribution in [2.24, 2.45) is 0 Å². The van der Waals surface area contributed by atoms with E-state index in [0.29, 0.717) is 0 Å². The van der Waals surface area contributed by atoms with Crippen molar-refractivity contribution in [2.45, 2.75) is 58.3 Å². The maximum absolute atomic E-state index is 6.60. The van der Waals surface area contributed by atoms with Crippen molar-refractivity contribution >= 4 is 13.4 Å². The van der Waals surface area contributed by atoms with Gasteiger partial charge in [-0.1, -0.05) is 168 Å². The monoisotopic (exact) mass is 672 g/mol. The fourth-order valence-electron chi connectivity index (χ4n) is 6.89. The maximum atomic E-state index is 6.60. The van der Waals surface area contributed by atoms with Gasteiger partial charge < -0.3 is 0 Å². The van der Waals surface area contributed by atoms with Crippen LogP contribution in [0, 0.1) is 0 Å². The summed E-state index contributed by atoms with van der Waals surface area (Å²) in [5.41, 5.74) is 15.8. The van der Waals surface area contributed by atoms with E-state index in [1.165, 1.54) is 27.8 Å². The van der Waals surface area contributed by atoms with Gasteiger partial charge in [-0.05, 0) is 85.2 Å². The van der Waals surface area contributed by atoms with Gasteiger partial charge in [-0.25, -0.2) is 0 Å². The standard InChI is InChI=1S/C49H45BN2/c1-48(2,3)39-25-27-51-46(31-39)35-19-15-33(16-20-35)42-11-7-9-13-44(42)37-23-24-41(50)30-38(29-37)45-14-10-8-12-43(45)34-17-21-36(22-18-34)47-32-40(26-28-52-47)49(4,5)6/h7-32,37H,1-6H3. The van der Waals surface area contributed by atoms with E-state index in [4.69, 9.17) is 12.8 Å². The quantitative estimate of drug-likeness (QED) is 0.165. The Balaban J connectivity index is 1.21. The third-order valence-electron chi connectivity index (χ3n) is 9.97. The Morgan fingerprint density at radius 2 is 0.981 bits per heavy atom. The Hall–Kier alpha value is -5.54. The highest BCUT2D eigenvalue weighted by Gasteiger charge is 2.19. The Morgan fingerprint density at radius 3 is 1.52 bits per heavy atom. The highest BCUT2D eigenvalue weighted by atomic mass is 14.7. The number of allylic oxidation sites excluding steroid dienone is 6. The number of aromatic nitrogens is 2. The Morgan fingerprint density at radius 1 is 0.519 bits per heavy atom. The molecule has 0 bridgehead atoms. The van der Waals surface area contributed by atoms with Gasteiger partial charge in [-0.3, -0.25) is 9.97 Å². The molecule has 4 aromatic carbocycles. The molecule has 1 aliphatic rings. The van der Waals surface area contributed by atoms with Crippen LogP contribution in [0.15, 0.2) is 163 Å². The van der Waals surface area contributed by atoms with Crippen LogP contribution in [-0.4, -0.2) is 17.8 Å². The van der Waals surface area contributed by atoms with Crippen molar-refractivity contribution in [3.8, 4) is 44.8 Å². The van der Waals surface area contributed by atoms with Crippen LogP contribution in [0.5, 0.6) is 0 Å². The molecule has 2 nitrogen and oxygen atoms in total. The topological polar surface area (TPSA) is 25.8 Å². The average molecular weight is 673 g/mol. The number of rotatable bonds is 6. The normalized spacial score (nSPS) is 14.8. The summed E-state index contributed by atoms with van der Waals surface area (Å²) in [7, 11) is 6.60. The Labute approximate surface area is 311 Å². The third kappa shape index (κ3) is 7.55. The van der Waals surface area contributed by atoms with E-state index < -0.39 is 0 Å². The first-order chi connectivity index (χ1) is 24.9. The second kappa shape index (κ2) is 14.2. The highest BCUT2D eigenvalue weighted by Crippen LogP contribution is 2.39. The van der Waals surface area contributed by atoms with E-state index in [2.05, 4.69) is 186 Å². The van der Waals surface area contributed by atoms with Crippen molar-refractivity contribution < 1.29 is 0 Å². The molecule has 0 amide bonds. The van der Waals surface area contributed by atoms with Crippen LogP contribution in [0.25, 0.3) is 50.3 Å². The van der Waals surface area contributed by atoms with Gasteiger partial charge in [0.2, 0.25) is 0 Å². The first kappa shape index (κ1) is 34.9. The van der Waals surface area contributed by atoms with Crippen molar-refractivity contribution in [2.75, 3.05) is 0 Å². The molecule has 6 aromatic rings. The van der Waals surface area contributed by atoms with E-state index in [9.17, 15) is 0 Å². The van der Waals surface area contributed by atoms with Crippen molar-refractivity contribution in [3.63, 3.8) is 0 Å². The minimum Gasteiger partial charge on any atom is -0.256 e. The largest absolute Gasteiger partial charge is 0.256 e. The molecule has 2 aromatic heterocycles. The molecule has 1 unspecified atom stereocenters. The van der Waals surface area contributed by atoms with Crippen LogP contribution in [0.1, 0.15) is 69.7 Å². The second-order valence-corrected chi connectivity index (χ2v) is 15.8. The molecule has 2 radical (unpaired) electrons. The lowest BCUT2D eigenvalue weighted by Crippen LogP contribution is -2.11. The number of nitrogens with zero attached hydrogens (tertiary/aromatic N) is 2. The molecule has 52 heavy (non-hydrogen) atoms. The van der Waals surface area contributed by atoms with Crippen LogP contribution >= 0.6 is 0 Å². The van der Waals surface area contributed by atoms with Crippen LogP contribution in [0.4, 0.5) is 0 Å². The van der Waals surface area contributed by atoms with Crippen molar-refractivity contribution in [1.29, 1.82) is 0 Å². The van der Waals surface area contributed by atoms with E-state index in [1.807, 2.05) is 18.5 Å². The van der Waals surface area contributed by atoms with Crippen molar-refractivity contribution in [3.05, 3.63) is 186 Å². The molecule has 7 rings (SSSR count). The minimum absolute atomic E-state index is 0.0184. The van der Waals surface area contributed by atoms with Crippen LogP contribution in [0.3, 0.4) is 0 Å². The first-order valence-corrected chi connectivity index (χ1v) is 18.1. The molecule has 3 heteroatoms. The van der Waals surface area contributed by atoms with Gasteiger partial charge >= 0.3 is 0 Å². The number of benzene rings is 4. The summed E-state index contributed by atoms with van der Waals surface area (Å²) < 4.78 is 0. The summed E-state index contributed by atoms with van der Waals surface area (Å²) in [6.45, 7) is 13.4. The number of hydrogen-bond acceptors (Lipinski definition) is 2. The predicted octanol–water partition coefficient (Wildman–Crippen LogP) is 12.5. The molecule has 0 saturated heterocycles. The zero-order valence-corrected chi connectivity index (χ0v) is 31.1. The Bertz CT molecular complexity index is 2310. The van der Waals surface area contributed by atoms with Gasteiger partial charge in [-0.2, -0.15) is 0 Å². The average Bonchev–Trinajstić information content (AvgIpc) is 3.36. The smallest absolute Gasteiger partial charge is 0.113 e. The molecule has 254 valence electrons. The fraction of sp³-hybridized carbons (Fsp3) is 0.184. The molecule has 0 fully saturated rings. The van der Waals surface area contributed by atoms with Crippen LogP contribution in [0.2, 0.25) is 0 Å². The summed E-state index contributed by atoms with van der Waals surface area (Å²) in [4.78, 5) is 9.38. The molecular formula is C49H45BN2. The van der Waals surface area contributed by atoms with E-state index in [-0.39, 0.29) is 16.7 Å². The van der Waals surface area contributed by atoms with Gasteiger partial charge in [-0.15, -0.1) is 0 Å². The number of pyridine rings is 2. The second-order valence-electron chi connectivity index (χ2n) is 15.8. The van der Waals surface area contributed by atoms with Crippen LogP contribution in [-0.2, 0) is 10.8 Å². The van der Waals surface area contributed by atoms with Gasteiger partial charge in [0.05, 0.1) is 11.4 Å². The maximum Gasteiger partial charge on any atom is 0.113 e. The predicted molar refractivity (Wildman–Crippen MR) is 221 cm³/mol. The van der Waals surface area contributed by atoms with Gasteiger partial charge in [0.25, 0.3) is 0 Å². The Kier molecular flexibility index (Phi) is 9.55. The molecular weight excluding hydrogens is 627 g/mol. The molecule has 0 spiro atoms. The van der Waals surface area contributed by atoms with Gasteiger partial charge in [0.15, 0.2) is 0 Å². The molecule has 1 atom stereocenters. The molecule has 1 aliphatic carbocycles. The van der Waals surface area contributed by atoms with Gasteiger partial charge in [0, 0.05) is 29.4 Å². The van der Waals surface area contributed by atoms with E-state index in [0.717, 1.165) is 50.3 Å². The lowest BCUT2D eigenvalue weighted by atomic mass is 9.86. The lowest BCUT2D eigenvalue weighted by Gasteiger charge is -2.19. The summed E-state index contributed by atoms with van der Waals surface area (Å²) in [6.07, 6.45) is 12.5. The zero-order chi connectivity index (χ0) is 36.5. The van der Waals surface area contributed by atoms with E-state index in [1.54, 1.807) is 0 Å². The molecule has 0 saturated carbocycles. The fourth-order valence-corrected chi connectivity index (χ4v) is 6.89. The SMILES string of the molecule is [B]C1=CC(c2ccccc2-c2ccc(-c3cc(C(C)(C)C)ccn3)cc2)=CC(c2ccccc2-c2ccc(-c3cc(C(C)(C)C)ccn3)cc2)C=C1. The minimum atomic E-state index is 0.0184. The summed E-state index contributed by atoms with van der Waals surface area (Å²) in [6, 6.07) is 43.5. The molecule has 0 N–H and O–H groups in total. The lowest BCUT2D eigenvalue weighted by molar-refractivity contribution is 0.589. The summed E-state index contributed by atoms with van der Waals surface area (Å²) in [5.74, 6) is 0.0184. The highest BCUT2D eigenvalue weighted by molar-refractivity contribution is 6.24. The van der Waals surface area contributed by atoms with Crippen LogP contribution < -0.4 is 0 Å². The number of hydrogen-bond donors (Lipinski definition) is 0. The summed E-state index contributed by atoms with van der Waals surface area (Å²) >= 11 is 0. The zero-order valence-electron chi connectivity index (χ0n) is 31.1. The third-order valence-corrected chi connectivity index (χ3v) is 9.97. The van der Waals surface area contributed by atoms with Crippen molar-refractivity contribution in [1.82, 2.24) is 9.97 Å². The van der Waals surface area contributed by atoms with Gasteiger partial charge in [0.1, 0.15) is 7.85 Å². The molecule has 0 aliphatic heterocycles. The van der Waals surface area contributed by atoms with E-state index >= 15 is 0 Å². The summed E-state index contributed by atoms with van der Waals surface area (Å²) in [5, 5.41) is 0. The first-order valence-electron chi connectivity index (χ1n) is 18.1.